The van der Waals surface area contributed by atoms with Crippen molar-refractivity contribution in [2.24, 2.45) is 0 Å². The molecule has 12 heteroatoms. The first-order chi connectivity index (χ1) is 17.4. The van der Waals surface area contributed by atoms with Gasteiger partial charge in [0.25, 0.3) is 0 Å². The van der Waals surface area contributed by atoms with Gasteiger partial charge in [-0.3, -0.25) is 10.3 Å². The van der Waals surface area contributed by atoms with Crippen molar-refractivity contribution in [3.63, 3.8) is 0 Å². The second-order valence-corrected chi connectivity index (χ2v) is 8.76. The van der Waals surface area contributed by atoms with E-state index in [1.54, 1.807) is 12.1 Å². The highest BCUT2D eigenvalue weighted by Gasteiger charge is 2.41. The molecule has 192 valence electrons. The number of halogens is 6. The van der Waals surface area contributed by atoms with E-state index in [1.807, 2.05) is 4.90 Å². The highest BCUT2D eigenvalue weighted by molar-refractivity contribution is 6.06. The van der Waals surface area contributed by atoms with Crippen molar-refractivity contribution in [3.05, 3.63) is 71.8 Å². The monoisotopic (exact) mass is 519 g/mol. The maximum Gasteiger partial charge on any atom is 0.433 e. The molecule has 2 amide bonds. The summed E-state index contributed by atoms with van der Waals surface area (Å²) in [4.78, 5) is 21.3. The van der Waals surface area contributed by atoms with E-state index >= 15 is 0 Å². The van der Waals surface area contributed by atoms with Crippen LogP contribution in [0.2, 0.25) is 0 Å². The van der Waals surface area contributed by atoms with Gasteiger partial charge in [-0.05, 0) is 42.8 Å². The van der Waals surface area contributed by atoms with Crippen LogP contribution in [0.25, 0.3) is 11.3 Å². The van der Waals surface area contributed by atoms with Crippen molar-refractivity contribution in [2.45, 2.75) is 24.8 Å². The summed E-state index contributed by atoms with van der Waals surface area (Å²) in [6.07, 6.45) is -8.76. The highest BCUT2D eigenvalue weighted by Crippen LogP contribution is 2.41. The number of anilines is 3. The summed E-state index contributed by atoms with van der Waals surface area (Å²) in [5.41, 5.74) is -1.60. The van der Waals surface area contributed by atoms with Gasteiger partial charge in [0.1, 0.15) is 5.71 Å². The van der Waals surface area contributed by atoms with Gasteiger partial charge in [0, 0.05) is 29.9 Å². The number of benzene rings is 2. The van der Waals surface area contributed by atoms with E-state index in [0.717, 1.165) is 24.3 Å². The zero-order chi connectivity index (χ0) is 26.5. The van der Waals surface area contributed by atoms with Gasteiger partial charge >= 0.3 is 18.4 Å². The van der Waals surface area contributed by atoms with Gasteiger partial charge in [-0.25, -0.2) is 9.78 Å². The Morgan fingerprint density at radius 2 is 1.76 bits per heavy atom. The minimum absolute atomic E-state index is 0.0625. The zero-order valence-electron chi connectivity index (χ0n) is 19.0. The van der Waals surface area contributed by atoms with Crippen LogP contribution in [-0.4, -0.2) is 42.0 Å². The molecular formula is C25H19F6N5O. The molecule has 0 spiro atoms. The molecule has 2 bridgehead atoms. The lowest BCUT2D eigenvalue weighted by Gasteiger charge is -2.36. The minimum Gasteiger partial charge on any atom is -0.366 e. The van der Waals surface area contributed by atoms with Crippen molar-refractivity contribution in [3.8, 4) is 11.3 Å². The lowest BCUT2D eigenvalue weighted by atomic mass is 10.1. The molecule has 2 N–H and O–H groups in total. The maximum atomic E-state index is 13.4. The fourth-order valence-electron chi connectivity index (χ4n) is 4.59. The smallest absolute Gasteiger partial charge is 0.366 e. The number of nitrogens with zero attached hydrogens (tertiary/aromatic N) is 3. The molecule has 2 aromatic carbocycles. The number of hydrogen-bond donors (Lipinski definition) is 2. The fourth-order valence-corrected chi connectivity index (χ4v) is 4.59. The third kappa shape index (κ3) is 4.70. The second-order valence-electron chi connectivity index (χ2n) is 8.76. The van der Waals surface area contributed by atoms with E-state index < -0.39 is 35.2 Å². The summed E-state index contributed by atoms with van der Waals surface area (Å²) in [5.74, 6) is 0.250. The molecule has 37 heavy (non-hydrogen) atoms. The third-order valence-electron chi connectivity index (χ3n) is 6.34. The molecule has 0 unspecified atom stereocenters. The van der Waals surface area contributed by atoms with Gasteiger partial charge in [0.2, 0.25) is 0 Å². The summed E-state index contributed by atoms with van der Waals surface area (Å²) >= 11 is 0. The molecular weight excluding hydrogens is 500 g/mol. The minimum atomic E-state index is -4.84. The first-order valence-electron chi connectivity index (χ1n) is 11.2. The predicted octanol–water partition coefficient (Wildman–Crippen LogP) is 6.33. The summed E-state index contributed by atoms with van der Waals surface area (Å²) in [5, 5.41) is 9.93. The Morgan fingerprint density at radius 1 is 1.00 bits per heavy atom. The lowest BCUT2D eigenvalue weighted by Crippen LogP contribution is -2.48. The van der Waals surface area contributed by atoms with Crippen LogP contribution >= 0.6 is 0 Å². The van der Waals surface area contributed by atoms with Crippen LogP contribution in [0.3, 0.4) is 0 Å². The van der Waals surface area contributed by atoms with Crippen LogP contribution in [-0.2, 0) is 6.18 Å². The Hall–Kier alpha value is -4.09. The molecule has 3 heterocycles. The van der Waals surface area contributed by atoms with E-state index in [0.29, 0.717) is 25.2 Å². The molecule has 2 aliphatic rings. The molecule has 1 saturated heterocycles. The molecule has 1 fully saturated rings. The number of amides is 2. The Kier molecular flexibility index (Phi) is 5.84. The molecule has 0 aliphatic carbocycles. The molecule has 0 radical (unpaired) electrons. The summed E-state index contributed by atoms with van der Waals surface area (Å²) in [7, 11) is 0. The normalized spacial score (nSPS) is 17.0. The Morgan fingerprint density at radius 3 is 2.49 bits per heavy atom. The molecule has 6 nitrogen and oxygen atoms in total. The van der Waals surface area contributed by atoms with Crippen molar-refractivity contribution >= 4 is 28.9 Å². The van der Waals surface area contributed by atoms with Crippen molar-refractivity contribution < 1.29 is 31.1 Å². The molecule has 3 aromatic rings. The molecule has 1 atom stereocenters. The number of nitrogens with one attached hydrogen (secondary N) is 2. The van der Waals surface area contributed by atoms with Crippen LogP contribution < -0.4 is 15.1 Å². The topological polar surface area (TPSA) is 72.3 Å². The van der Waals surface area contributed by atoms with Gasteiger partial charge in [-0.1, -0.05) is 24.3 Å². The average molecular weight is 519 g/mol. The van der Waals surface area contributed by atoms with Gasteiger partial charge in [0.15, 0.2) is 5.82 Å². The van der Waals surface area contributed by atoms with E-state index in [4.69, 9.17) is 5.41 Å². The van der Waals surface area contributed by atoms with Crippen molar-refractivity contribution in [2.75, 3.05) is 28.2 Å². The molecule has 0 saturated carbocycles. The average Bonchev–Trinajstić information content (AvgIpc) is 3.26. The van der Waals surface area contributed by atoms with E-state index in [-0.39, 0.29) is 28.8 Å². The number of pyridine rings is 1. The van der Waals surface area contributed by atoms with Crippen molar-refractivity contribution in [1.82, 2.24) is 4.98 Å². The lowest BCUT2D eigenvalue weighted by molar-refractivity contribution is -0.137. The van der Waals surface area contributed by atoms with Crippen LogP contribution in [0, 0.1) is 5.41 Å². The molecule has 5 rings (SSSR count). The second kappa shape index (κ2) is 8.79. The van der Waals surface area contributed by atoms with E-state index in [9.17, 15) is 31.1 Å². The third-order valence-corrected chi connectivity index (χ3v) is 6.34. The van der Waals surface area contributed by atoms with E-state index in [2.05, 4.69) is 10.3 Å². The number of carbonyl (C=O) groups is 1. The van der Waals surface area contributed by atoms with Gasteiger partial charge in [0.05, 0.1) is 23.0 Å². The Bertz CT molecular complexity index is 1390. The summed E-state index contributed by atoms with van der Waals surface area (Å²) in [6.45, 7) is 1.16. The van der Waals surface area contributed by atoms with Crippen LogP contribution in [0.4, 0.5) is 48.3 Å². The Labute approximate surface area is 207 Å². The number of urea groups is 1. The summed E-state index contributed by atoms with van der Waals surface area (Å²) < 4.78 is 78.5. The number of rotatable bonds is 3. The predicted molar refractivity (Wildman–Crippen MR) is 126 cm³/mol. The maximum absolute atomic E-state index is 13.4. The van der Waals surface area contributed by atoms with Gasteiger partial charge in [-0.15, -0.1) is 0 Å². The first kappa shape index (κ1) is 24.6. The Balaban J connectivity index is 1.48. The molecule has 1 aromatic heterocycles. The quantitative estimate of drug-likeness (QED) is 0.314. The number of alkyl halides is 6. The molecule has 2 aliphatic heterocycles. The van der Waals surface area contributed by atoms with Crippen LogP contribution in [0.15, 0.2) is 60.7 Å². The standard InChI is InChI=1S/C25H19F6N5O/c26-24(27,28)16-5-1-3-14(11-16)19-7-8-20-22(34-19)36(18-9-10-35(20)13-18)23(37)33-17-6-2-4-15(12-17)21(32)25(29,30)31/h1-8,11-12,18,32H,9-10,13H2,(H,33,37)/t18-/m0/s1. The van der Waals surface area contributed by atoms with Gasteiger partial charge in [-0.2, -0.15) is 26.3 Å². The fraction of sp³-hybridized carbons (Fsp3) is 0.240. The summed E-state index contributed by atoms with van der Waals surface area (Å²) in [6, 6.07) is 12.0. The zero-order valence-corrected chi connectivity index (χ0v) is 19.0. The van der Waals surface area contributed by atoms with Crippen LogP contribution in [0.5, 0.6) is 0 Å². The van der Waals surface area contributed by atoms with Crippen LogP contribution in [0.1, 0.15) is 17.5 Å². The van der Waals surface area contributed by atoms with Crippen molar-refractivity contribution in [1.29, 1.82) is 5.41 Å². The number of fused-ring (bicyclic) bond motifs is 4. The number of hydrogen-bond acceptors (Lipinski definition) is 4. The largest absolute Gasteiger partial charge is 0.433 e. The SMILES string of the molecule is N=C(c1cccc(NC(=O)N2c3nc(-c4cccc(C(F)(F)F)c4)ccc3N3CC[C@H]2C3)c1)C(F)(F)F. The van der Waals surface area contributed by atoms with E-state index in [1.165, 1.54) is 29.2 Å². The highest BCUT2D eigenvalue weighted by atomic mass is 19.4. The van der Waals surface area contributed by atoms with Gasteiger partial charge < -0.3 is 10.2 Å². The number of aromatic nitrogens is 1. The first-order valence-corrected chi connectivity index (χ1v) is 11.2. The number of carbonyl (C=O) groups excluding carboxylic acids is 1.